The first kappa shape index (κ1) is 14.9. The molecule has 2 rings (SSSR count). The van der Waals surface area contributed by atoms with Gasteiger partial charge in [0.25, 0.3) is 0 Å². The molecule has 4 nitrogen and oxygen atoms in total. The largest absolute Gasteiger partial charge is 0.497 e. The number of benzene rings is 1. The highest BCUT2D eigenvalue weighted by Crippen LogP contribution is 2.29. The van der Waals surface area contributed by atoms with Crippen molar-refractivity contribution < 1.29 is 9.53 Å². The Hall–Kier alpha value is -1.55. The Balaban J connectivity index is 1.95. The first-order chi connectivity index (χ1) is 9.41. The quantitative estimate of drug-likeness (QED) is 0.920. The third-order valence-electron chi connectivity index (χ3n) is 3.92. The van der Waals surface area contributed by atoms with E-state index in [2.05, 4.69) is 12.1 Å². The minimum Gasteiger partial charge on any atom is -0.497 e. The minimum atomic E-state index is -0.771. The van der Waals surface area contributed by atoms with Crippen LogP contribution in [0.2, 0.25) is 0 Å². The summed E-state index contributed by atoms with van der Waals surface area (Å²) in [6.07, 6.45) is 1.99. The molecule has 1 aromatic carbocycles. The van der Waals surface area contributed by atoms with Gasteiger partial charge in [0.2, 0.25) is 5.91 Å². The molecule has 0 spiro atoms. The zero-order valence-corrected chi connectivity index (χ0v) is 12.6. The molecule has 1 fully saturated rings. The first-order valence-corrected chi connectivity index (χ1v) is 7.14. The van der Waals surface area contributed by atoms with Gasteiger partial charge in [0.05, 0.1) is 12.6 Å². The number of methoxy groups -OCH3 is 1. The van der Waals surface area contributed by atoms with E-state index < -0.39 is 5.54 Å². The summed E-state index contributed by atoms with van der Waals surface area (Å²) >= 11 is 0. The Labute approximate surface area is 120 Å². The topological polar surface area (TPSA) is 55.6 Å². The molecule has 0 bridgehead atoms. The van der Waals surface area contributed by atoms with Gasteiger partial charge in [-0.3, -0.25) is 4.79 Å². The number of carbonyl (C=O) groups excluding carboxylic acids is 1. The summed E-state index contributed by atoms with van der Waals surface area (Å²) in [6.45, 7) is 5.11. The molecule has 0 aliphatic carbocycles. The van der Waals surface area contributed by atoms with E-state index in [1.54, 1.807) is 21.0 Å². The van der Waals surface area contributed by atoms with Crippen LogP contribution in [-0.2, 0) is 4.79 Å². The van der Waals surface area contributed by atoms with E-state index in [4.69, 9.17) is 10.5 Å². The van der Waals surface area contributed by atoms with Gasteiger partial charge < -0.3 is 15.4 Å². The monoisotopic (exact) mass is 276 g/mol. The lowest BCUT2D eigenvalue weighted by Gasteiger charge is -2.35. The fourth-order valence-electron chi connectivity index (χ4n) is 2.70. The molecule has 0 unspecified atom stereocenters. The number of piperidine rings is 1. The maximum absolute atomic E-state index is 12.1. The molecule has 1 aliphatic heterocycles. The van der Waals surface area contributed by atoms with Crippen molar-refractivity contribution in [3.05, 3.63) is 29.8 Å². The van der Waals surface area contributed by atoms with Gasteiger partial charge in [-0.25, -0.2) is 0 Å². The minimum absolute atomic E-state index is 0.0469. The summed E-state index contributed by atoms with van der Waals surface area (Å²) in [6, 6.07) is 8.23. The molecule has 20 heavy (non-hydrogen) atoms. The predicted octanol–water partition coefficient (Wildman–Crippen LogP) is 2.14. The van der Waals surface area contributed by atoms with E-state index in [9.17, 15) is 4.79 Å². The maximum Gasteiger partial charge on any atom is 0.242 e. The zero-order valence-electron chi connectivity index (χ0n) is 12.6. The zero-order chi connectivity index (χ0) is 14.8. The Bertz CT molecular complexity index is 454. The average Bonchev–Trinajstić information content (AvgIpc) is 2.46. The lowest BCUT2D eigenvalue weighted by molar-refractivity contribution is -0.136. The van der Waals surface area contributed by atoms with Crippen molar-refractivity contribution in [2.75, 3.05) is 20.2 Å². The van der Waals surface area contributed by atoms with Crippen molar-refractivity contribution >= 4 is 5.91 Å². The van der Waals surface area contributed by atoms with Crippen LogP contribution in [0.25, 0.3) is 0 Å². The highest BCUT2D eigenvalue weighted by atomic mass is 16.5. The number of hydrogen-bond donors (Lipinski definition) is 1. The Kier molecular flexibility index (Phi) is 4.33. The lowest BCUT2D eigenvalue weighted by Crippen LogP contribution is -2.53. The van der Waals surface area contributed by atoms with Crippen LogP contribution in [0.4, 0.5) is 0 Å². The standard InChI is InChI=1S/C16H24N2O2/c1-16(2,17)15(19)18-10-8-13(9-11-18)12-4-6-14(20-3)7-5-12/h4-7,13H,8-11,17H2,1-3H3. The summed E-state index contributed by atoms with van der Waals surface area (Å²) < 4.78 is 5.18. The molecule has 0 radical (unpaired) electrons. The van der Waals surface area contributed by atoms with Crippen molar-refractivity contribution in [3.8, 4) is 5.75 Å². The number of nitrogens with two attached hydrogens (primary N) is 1. The summed E-state index contributed by atoms with van der Waals surface area (Å²) in [7, 11) is 1.67. The van der Waals surface area contributed by atoms with E-state index in [0.717, 1.165) is 31.7 Å². The highest BCUT2D eigenvalue weighted by molar-refractivity contribution is 5.85. The molecular weight excluding hydrogens is 252 g/mol. The molecule has 4 heteroatoms. The third-order valence-corrected chi connectivity index (χ3v) is 3.92. The number of rotatable bonds is 3. The average molecular weight is 276 g/mol. The van der Waals surface area contributed by atoms with Crippen LogP contribution in [0, 0.1) is 0 Å². The van der Waals surface area contributed by atoms with Crippen LogP contribution in [0.3, 0.4) is 0 Å². The second-order valence-corrected chi connectivity index (χ2v) is 6.06. The first-order valence-electron chi connectivity index (χ1n) is 7.14. The molecule has 1 amide bonds. The van der Waals surface area contributed by atoms with Gasteiger partial charge in [0, 0.05) is 13.1 Å². The Morgan fingerprint density at radius 1 is 1.25 bits per heavy atom. The van der Waals surface area contributed by atoms with Gasteiger partial charge in [-0.1, -0.05) is 12.1 Å². The molecule has 0 aromatic heterocycles. The normalized spacial score (nSPS) is 17.1. The molecule has 0 saturated carbocycles. The van der Waals surface area contributed by atoms with Crippen LogP contribution in [0.1, 0.15) is 38.2 Å². The maximum atomic E-state index is 12.1. The van der Waals surface area contributed by atoms with E-state index in [-0.39, 0.29) is 5.91 Å². The number of ether oxygens (including phenoxy) is 1. The molecule has 1 aliphatic rings. The van der Waals surface area contributed by atoms with E-state index in [0.29, 0.717) is 5.92 Å². The smallest absolute Gasteiger partial charge is 0.242 e. The second-order valence-electron chi connectivity index (χ2n) is 6.06. The van der Waals surface area contributed by atoms with Crippen molar-refractivity contribution in [2.45, 2.75) is 38.1 Å². The van der Waals surface area contributed by atoms with Crippen LogP contribution >= 0.6 is 0 Å². The molecule has 1 aromatic rings. The van der Waals surface area contributed by atoms with Gasteiger partial charge in [0.1, 0.15) is 5.75 Å². The molecular formula is C16H24N2O2. The fraction of sp³-hybridized carbons (Fsp3) is 0.562. The number of amides is 1. The SMILES string of the molecule is COc1ccc(C2CCN(C(=O)C(C)(C)N)CC2)cc1. The Morgan fingerprint density at radius 3 is 2.25 bits per heavy atom. The van der Waals surface area contributed by atoms with Crippen LogP contribution in [-0.4, -0.2) is 36.5 Å². The van der Waals surface area contributed by atoms with Gasteiger partial charge in [0.15, 0.2) is 0 Å². The van der Waals surface area contributed by atoms with Crippen LogP contribution in [0.5, 0.6) is 5.75 Å². The van der Waals surface area contributed by atoms with Crippen LogP contribution in [0.15, 0.2) is 24.3 Å². The number of likely N-dealkylation sites (tertiary alicyclic amines) is 1. The Morgan fingerprint density at radius 2 is 1.80 bits per heavy atom. The lowest BCUT2D eigenvalue weighted by atomic mass is 9.88. The van der Waals surface area contributed by atoms with E-state index >= 15 is 0 Å². The molecule has 110 valence electrons. The summed E-state index contributed by atoms with van der Waals surface area (Å²) in [5.41, 5.74) is 6.44. The summed E-state index contributed by atoms with van der Waals surface area (Å²) in [5.74, 6) is 1.45. The van der Waals surface area contributed by atoms with Crippen molar-refractivity contribution in [1.82, 2.24) is 4.90 Å². The van der Waals surface area contributed by atoms with Gasteiger partial charge in [-0.2, -0.15) is 0 Å². The van der Waals surface area contributed by atoms with Gasteiger partial charge in [-0.05, 0) is 50.3 Å². The van der Waals surface area contributed by atoms with Crippen molar-refractivity contribution in [2.24, 2.45) is 5.73 Å². The highest BCUT2D eigenvalue weighted by Gasteiger charge is 2.31. The van der Waals surface area contributed by atoms with E-state index in [1.807, 2.05) is 17.0 Å². The van der Waals surface area contributed by atoms with Crippen molar-refractivity contribution in [1.29, 1.82) is 0 Å². The van der Waals surface area contributed by atoms with Gasteiger partial charge in [-0.15, -0.1) is 0 Å². The molecule has 1 saturated heterocycles. The second kappa shape index (κ2) is 5.83. The molecule has 1 heterocycles. The number of hydrogen-bond acceptors (Lipinski definition) is 3. The predicted molar refractivity (Wildman–Crippen MR) is 79.8 cm³/mol. The number of carbonyl (C=O) groups is 1. The van der Waals surface area contributed by atoms with Crippen molar-refractivity contribution in [3.63, 3.8) is 0 Å². The van der Waals surface area contributed by atoms with E-state index in [1.165, 1.54) is 5.56 Å². The molecule has 0 atom stereocenters. The third kappa shape index (κ3) is 3.31. The van der Waals surface area contributed by atoms with Gasteiger partial charge >= 0.3 is 0 Å². The molecule has 2 N–H and O–H groups in total. The number of nitrogens with zero attached hydrogens (tertiary/aromatic N) is 1. The van der Waals surface area contributed by atoms with Crippen LogP contribution < -0.4 is 10.5 Å². The summed E-state index contributed by atoms with van der Waals surface area (Å²) in [5, 5.41) is 0. The fourth-order valence-corrected chi connectivity index (χ4v) is 2.70. The summed E-state index contributed by atoms with van der Waals surface area (Å²) in [4.78, 5) is 14.0.